The molecule has 21 heavy (non-hydrogen) atoms. The fourth-order valence-electron chi connectivity index (χ4n) is 1.93. The van der Waals surface area contributed by atoms with Gasteiger partial charge in [0, 0.05) is 5.56 Å². The number of ketones is 1. The normalized spacial score (nSPS) is 10.2. The summed E-state index contributed by atoms with van der Waals surface area (Å²) in [5.41, 5.74) is 1.52. The second-order valence-electron chi connectivity index (χ2n) is 4.73. The summed E-state index contributed by atoms with van der Waals surface area (Å²) in [6.45, 7) is 3.15. The Labute approximate surface area is 121 Å². The number of rotatable bonds is 4. The first-order valence-electron chi connectivity index (χ1n) is 6.30. The largest absolute Gasteiger partial charge is 0.478 e. The number of halogens is 1. The number of nitrogens with one attached hydrogen (secondary N) is 1. The first kappa shape index (κ1) is 14.7. The van der Waals surface area contributed by atoms with E-state index in [9.17, 15) is 19.1 Å². The molecule has 2 rings (SSSR count). The maximum absolute atomic E-state index is 13.8. The smallest absolute Gasteiger partial charge is 0.337 e. The van der Waals surface area contributed by atoms with Crippen LogP contribution in [0.1, 0.15) is 33.2 Å². The summed E-state index contributed by atoms with van der Waals surface area (Å²) >= 11 is 0. The number of carbonyl (C=O) groups excluding carboxylic acids is 1. The van der Waals surface area contributed by atoms with Crippen molar-refractivity contribution in [1.82, 2.24) is 0 Å². The fourth-order valence-corrected chi connectivity index (χ4v) is 1.93. The van der Waals surface area contributed by atoms with Gasteiger partial charge in [0.05, 0.1) is 16.9 Å². The Bertz CT molecular complexity index is 725. The van der Waals surface area contributed by atoms with Crippen LogP contribution in [0.5, 0.6) is 0 Å². The molecule has 0 atom stereocenters. The minimum atomic E-state index is -1.11. The molecule has 0 amide bonds. The van der Waals surface area contributed by atoms with Gasteiger partial charge in [0.1, 0.15) is 5.82 Å². The molecule has 2 N–H and O–H groups in total. The predicted octanol–water partition coefficient (Wildman–Crippen LogP) is 3.78. The third kappa shape index (κ3) is 3.25. The Kier molecular flexibility index (Phi) is 4.03. The summed E-state index contributed by atoms with van der Waals surface area (Å²) in [5, 5.41) is 11.9. The van der Waals surface area contributed by atoms with Crippen molar-refractivity contribution in [3.05, 3.63) is 58.9 Å². The Morgan fingerprint density at radius 3 is 2.43 bits per heavy atom. The standard InChI is InChI=1S/C16H14FNO3/c1-9-3-6-14(12(7-9)16(20)21)18-15-8-11(10(2)19)4-5-13(15)17/h3-8,18H,1-2H3,(H,20,21). The molecular weight excluding hydrogens is 273 g/mol. The molecule has 0 bridgehead atoms. The van der Waals surface area contributed by atoms with Gasteiger partial charge < -0.3 is 10.4 Å². The molecule has 0 saturated heterocycles. The SMILES string of the molecule is CC(=O)c1ccc(F)c(Nc2ccc(C)cc2C(=O)O)c1. The Hall–Kier alpha value is -2.69. The zero-order valence-corrected chi connectivity index (χ0v) is 11.6. The second kappa shape index (κ2) is 5.75. The van der Waals surface area contributed by atoms with Crippen molar-refractivity contribution in [2.45, 2.75) is 13.8 Å². The number of benzene rings is 2. The first-order valence-corrected chi connectivity index (χ1v) is 6.30. The third-order valence-corrected chi connectivity index (χ3v) is 3.05. The minimum absolute atomic E-state index is 0.0441. The van der Waals surface area contributed by atoms with E-state index < -0.39 is 11.8 Å². The lowest BCUT2D eigenvalue weighted by atomic mass is 10.1. The van der Waals surface area contributed by atoms with E-state index in [2.05, 4.69) is 5.32 Å². The highest BCUT2D eigenvalue weighted by atomic mass is 19.1. The van der Waals surface area contributed by atoms with Gasteiger partial charge in [-0.3, -0.25) is 4.79 Å². The molecule has 5 heteroatoms. The summed E-state index contributed by atoms with van der Waals surface area (Å²) in [6, 6.07) is 8.71. The van der Waals surface area contributed by atoms with Crippen LogP contribution in [-0.4, -0.2) is 16.9 Å². The number of aryl methyl sites for hydroxylation is 1. The van der Waals surface area contributed by atoms with Crippen LogP contribution < -0.4 is 5.32 Å². The molecule has 2 aromatic rings. The van der Waals surface area contributed by atoms with Crippen LogP contribution in [0.15, 0.2) is 36.4 Å². The molecule has 0 unspecified atom stereocenters. The molecular formula is C16H14FNO3. The van der Waals surface area contributed by atoms with E-state index in [-0.39, 0.29) is 22.7 Å². The number of aromatic carboxylic acids is 1. The van der Waals surface area contributed by atoms with Crippen LogP contribution in [0.2, 0.25) is 0 Å². The summed E-state index contributed by atoms with van der Waals surface area (Å²) < 4.78 is 13.8. The maximum atomic E-state index is 13.8. The highest BCUT2D eigenvalue weighted by molar-refractivity contribution is 5.97. The van der Waals surface area contributed by atoms with E-state index in [4.69, 9.17) is 0 Å². The molecule has 0 aliphatic rings. The molecule has 2 aromatic carbocycles. The van der Waals surface area contributed by atoms with Crippen molar-refractivity contribution in [2.24, 2.45) is 0 Å². The van der Waals surface area contributed by atoms with Crippen molar-refractivity contribution in [3.8, 4) is 0 Å². The first-order chi connectivity index (χ1) is 9.88. The summed E-state index contributed by atoms with van der Waals surface area (Å²) in [5.74, 6) is -1.86. The lowest BCUT2D eigenvalue weighted by molar-refractivity contribution is 0.0697. The zero-order valence-electron chi connectivity index (χ0n) is 11.6. The molecule has 0 fully saturated rings. The van der Waals surface area contributed by atoms with E-state index in [1.54, 1.807) is 19.1 Å². The molecule has 0 heterocycles. The van der Waals surface area contributed by atoms with Gasteiger partial charge in [-0.05, 0) is 44.2 Å². The zero-order chi connectivity index (χ0) is 15.6. The van der Waals surface area contributed by atoms with Crippen LogP contribution in [-0.2, 0) is 0 Å². The number of carboxylic acids is 1. The van der Waals surface area contributed by atoms with Crippen LogP contribution in [0, 0.1) is 12.7 Å². The van der Waals surface area contributed by atoms with Crippen molar-refractivity contribution < 1.29 is 19.1 Å². The van der Waals surface area contributed by atoms with Gasteiger partial charge in [0.2, 0.25) is 0 Å². The molecule has 0 radical (unpaired) electrons. The van der Waals surface area contributed by atoms with E-state index in [1.165, 1.54) is 31.2 Å². The number of hydrogen-bond donors (Lipinski definition) is 2. The molecule has 0 aliphatic carbocycles. The average molecular weight is 287 g/mol. The Morgan fingerprint density at radius 1 is 1.10 bits per heavy atom. The number of hydrogen-bond acceptors (Lipinski definition) is 3. The van der Waals surface area contributed by atoms with Crippen LogP contribution in [0.25, 0.3) is 0 Å². The maximum Gasteiger partial charge on any atom is 0.337 e. The number of Topliss-reactive ketones (excluding diaryl/α,β-unsaturated/α-hetero) is 1. The topological polar surface area (TPSA) is 66.4 Å². The molecule has 0 saturated carbocycles. The fraction of sp³-hybridized carbons (Fsp3) is 0.125. The van der Waals surface area contributed by atoms with Crippen molar-refractivity contribution in [1.29, 1.82) is 0 Å². The summed E-state index contributed by atoms with van der Waals surface area (Å²) in [4.78, 5) is 22.6. The Morgan fingerprint density at radius 2 is 1.81 bits per heavy atom. The van der Waals surface area contributed by atoms with Gasteiger partial charge in [-0.15, -0.1) is 0 Å². The van der Waals surface area contributed by atoms with Gasteiger partial charge in [-0.2, -0.15) is 0 Å². The molecule has 108 valence electrons. The van der Waals surface area contributed by atoms with E-state index in [1.807, 2.05) is 0 Å². The van der Waals surface area contributed by atoms with E-state index in [0.29, 0.717) is 5.56 Å². The van der Waals surface area contributed by atoms with Crippen molar-refractivity contribution in [2.75, 3.05) is 5.32 Å². The van der Waals surface area contributed by atoms with Gasteiger partial charge in [-0.25, -0.2) is 9.18 Å². The molecule has 4 nitrogen and oxygen atoms in total. The minimum Gasteiger partial charge on any atom is -0.478 e. The number of anilines is 2. The van der Waals surface area contributed by atoms with Gasteiger partial charge in [-0.1, -0.05) is 11.6 Å². The summed E-state index contributed by atoms with van der Waals surface area (Å²) in [7, 11) is 0. The second-order valence-corrected chi connectivity index (χ2v) is 4.73. The van der Waals surface area contributed by atoms with Crippen LogP contribution in [0.4, 0.5) is 15.8 Å². The monoisotopic (exact) mass is 287 g/mol. The number of carboxylic acid groups (broad SMARTS) is 1. The highest BCUT2D eigenvalue weighted by Gasteiger charge is 2.13. The summed E-state index contributed by atoms with van der Waals surface area (Å²) in [6.07, 6.45) is 0. The van der Waals surface area contributed by atoms with Crippen LogP contribution in [0.3, 0.4) is 0 Å². The van der Waals surface area contributed by atoms with Gasteiger partial charge in [0.25, 0.3) is 0 Å². The predicted molar refractivity (Wildman–Crippen MR) is 77.8 cm³/mol. The Balaban J connectivity index is 2.45. The lowest BCUT2D eigenvalue weighted by Gasteiger charge is -2.12. The van der Waals surface area contributed by atoms with Crippen LogP contribution >= 0.6 is 0 Å². The van der Waals surface area contributed by atoms with Gasteiger partial charge in [0.15, 0.2) is 5.78 Å². The lowest BCUT2D eigenvalue weighted by Crippen LogP contribution is -2.05. The third-order valence-electron chi connectivity index (χ3n) is 3.05. The van der Waals surface area contributed by atoms with Crippen molar-refractivity contribution >= 4 is 23.1 Å². The quantitative estimate of drug-likeness (QED) is 0.840. The molecule has 0 aromatic heterocycles. The van der Waals surface area contributed by atoms with Crippen molar-refractivity contribution in [3.63, 3.8) is 0 Å². The molecule has 0 aliphatic heterocycles. The average Bonchev–Trinajstić information content (AvgIpc) is 2.42. The van der Waals surface area contributed by atoms with Gasteiger partial charge >= 0.3 is 5.97 Å². The highest BCUT2D eigenvalue weighted by Crippen LogP contribution is 2.25. The molecule has 0 spiro atoms. The van der Waals surface area contributed by atoms with E-state index in [0.717, 1.165) is 5.56 Å². The number of carbonyl (C=O) groups is 2. The van der Waals surface area contributed by atoms with E-state index >= 15 is 0 Å².